The Morgan fingerprint density at radius 3 is 2.65 bits per heavy atom. The van der Waals surface area contributed by atoms with Crippen molar-refractivity contribution < 1.29 is 4.42 Å². The molecule has 1 aromatic carbocycles. The quantitative estimate of drug-likeness (QED) is 0.828. The predicted molar refractivity (Wildman–Crippen MR) is 67.7 cm³/mol. The van der Waals surface area contributed by atoms with E-state index in [-0.39, 0.29) is 0 Å². The first-order valence-electron chi connectivity index (χ1n) is 6.06. The molecular formula is C14H18N2O. The van der Waals surface area contributed by atoms with Gasteiger partial charge in [0.15, 0.2) is 5.89 Å². The number of nitrogens with zero attached hydrogens (tertiary/aromatic N) is 1. The number of nitrogens with two attached hydrogens (primary N) is 1. The molecule has 90 valence electrons. The molecule has 0 aliphatic heterocycles. The molecule has 2 rings (SSSR count). The van der Waals surface area contributed by atoms with E-state index in [4.69, 9.17) is 10.2 Å². The number of aromatic nitrogens is 1. The topological polar surface area (TPSA) is 52.0 Å². The highest BCUT2D eigenvalue weighted by Gasteiger charge is 2.03. The summed E-state index contributed by atoms with van der Waals surface area (Å²) in [5.74, 6) is 1.76. The van der Waals surface area contributed by atoms with Gasteiger partial charge in [-0.1, -0.05) is 30.3 Å². The molecule has 0 atom stereocenters. The van der Waals surface area contributed by atoms with Gasteiger partial charge in [0.2, 0.25) is 0 Å². The predicted octanol–water partition coefficient (Wildman–Crippen LogP) is 2.35. The van der Waals surface area contributed by atoms with Gasteiger partial charge in [-0.2, -0.15) is 0 Å². The summed E-state index contributed by atoms with van der Waals surface area (Å²) in [6, 6.07) is 10.4. The molecule has 0 unspecified atom stereocenters. The Hall–Kier alpha value is -1.61. The first-order valence-corrected chi connectivity index (χ1v) is 6.06. The normalized spacial score (nSPS) is 10.6. The standard InChI is InChI=1S/C14H18N2O/c15-10-4-7-14-16-11-13(17-14)9-8-12-5-2-1-3-6-12/h1-3,5-6,11H,4,7-10,15H2. The van der Waals surface area contributed by atoms with Gasteiger partial charge in [0.05, 0.1) is 6.20 Å². The van der Waals surface area contributed by atoms with Gasteiger partial charge >= 0.3 is 0 Å². The zero-order valence-corrected chi connectivity index (χ0v) is 9.93. The van der Waals surface area contributed by atoms with Crippen molar-refractivity contribution in [3.05, 3.63) is 53.7 Å². The highest BCUT2D eigenvalue weighted by molar-refractivity contribution is 5.15. The zero-order valence-electron chi connectivity index (χ0n) is 9.93. The van der Waals surface area contributed by atoms with Crippen molar-refractivity contribution in [2.45, 2.75) is 25.7 Å². The van der Waals surface area contributed by atoms with Crippen LogP contribution >= 0.6 is 0 Å². The maximum atomic E-state index is 5.64. The van der Waals surface area contributed by atoms with Crippen LogP contribution in [-0.2, 0) is 19.3 Å². The molecular weight excluding hydrogens is 212 g/mol. The first kappa shape index (κ1) is 11.9. The van der Waals surface area contributed by atoms with Gasteiger partial charge in [0.1, 0.15) is 5.76 Å². The minimum atomic E-state index is 0.682. The van der Waals surface area contributed by atoms with Crippen LogP contribution in [0.15, 0.2) is 40.9 Å². The Balaban J connectivity index is 1.85. The third-order valence-electron chi connectivity index (χ3n) is 2.70. The van der Waals surface area contributed by atoms with Crippen LogP contribution in [0.3, 0.4) is 0 Å². The van der Waals surface area contributed by atoms with Gasteiger partial charge in [-0.25, -0.2) is 4.98 Å². The van der Waals surface area contributed by atoms with E-state index in [0.717, 1.165) is 37.3 Å². The molecule has 1 aromatic heterocycles. The van der Waals surface area contributed by atoms with Crippen molar-refractivity contribution in [3.63, 3.8) is 0 Å². The van der Waals surface area contributed by atoms with E-state index < -0.39 is 0 Å². The number of aryl methyl sites for hydroxylation is 3. The molecule has 0 spiro atoms. The fourth-order valence-electron chi connectivity index (χ4n) is 1.74. The lowest BCUT2D eigenvalue weighted by Gasteiger charge is -1.98. The second kappa shape index (κ2) is 6.21. The highest BCUT2D eigenvalue weighted by atomic mass is 16.4. The SMILES string of the molecule is NCCCc1ncc(CCc2ccccc2)o1. The van der Waals surface area contributed by atoms with E-state index in [1.165, 1.54) is 5.56 Å². The molecule has 0 aliphatic carbocycles. The molecule has 1 heterocycles. The molecule has 0 aliphatic rings. The van der Waals surface area contributed by atoms with Crippen LogP contribution in [0.2, 0.25) is 0 Å². The molecule has 0 amide bonds. The molecule has 2 aromatic rings. The summed E-state index contributed by atoms with van der Waals surface area (Å²) in [7, 11) is 0. The highest BCUT2D eigenvalue weighted by Crippen LogP contribution is 2.10. The number of hydrogen-bond donors (Lipinski definition) is 1. The van der Waals surface area contributed by atoms with Gasteiger partial charge in [-0.3, -0.25) is 0 Å². The number of hydrogen-bond acceptors (Lipinski definition) is 3. The minimum Gasteiger partial charge on any atom is -0.446 e. The lowest BCUT2D eigenvalue weighted by atomic mass is 10.1. The van der Waals surface area contributed by atoms with Crippen molar-refractivity contribution in [2.75, 3.05) is 6.54 Å². The van der Waals surface area contributed by atoms with Crippen LogP contribution in [0.5, 0.6) is 0 Å². The van der Waals surface area contributed by atoms with Crippen molar-refractivity contribution in [1.82, 2.24) is 4.98 Å². The third-order valence-corrected chi connectivity index (χ3v) is 2.70. The third kappa shape index (κ3) is 3.71. The summed E-state index contributed by atoms with van der Waals surface area (Å²) in [4.78, 5) is 4.24. The van der Waals surface area contributed by atoms with E-state index in [2.05, 4.69) is 29.2 Å². The smallest absolute Gasteiger partial charge is 0.194 e. The maximum absolute atomic E-state index is 5.64. The average Bonchev–Trinajstić information content (AvgIpc) is 2.83. The van der Waals surface area contributed by atoms with Crippen LogP contribution in [0, 0.1) is 0 Å². The second-order valence-corrected chi connectivity index (χ2v) is 4.10. The average molecular weight is 230 g/mol. The number of oxazole rings is 1. The number of benzene rings is 1. The molecule has 0 saturated carbocycles. The van der Waals surface area contributed by atoms with E-state index >= 15 is 0 Å². The Morgan fingerprint density at radius 1 is 1.06 bits per heavy atom. The monoisotopic (exact) mass is 230 g/mol. The van der Waals surface area contributed by atoms with Crippen molar-refractivity contribution in [1.29, 1.82) is 0 Å². The van der Waals surface area contributed by atoms with E-state index in [0.29, 0.717) is 6.54 Å². The van der Waals surface area contributed by atoms with E-state index in [1.807, 2.05) is 12.3 Å². The van der Waals surface area contributed by atoms with Crippen molar-refractivity contribution in [2.24, 2.45) is 5.73 Å². The molecule has 0 radical (unpaired) electrons. The Kier molecular flexibility index (Phi) is 4.33. The Labute approximate surface area is 102 Å². The lowest BCUT2D eigenvalue weighted by Crippen LogP contribution is -2.00. The van der Waals surface area contributed by atoms with Crippen LogP contribution < -0.4 is 5.73 Å². The lowest BCUT2D eigenvalue weighted by molar-refractivity contribution is 0.449. The summed E-state index contributed by atoms with van der Waals surface area (Å²) in [6.45, 7) is 0.682. The number of rotatable bonds is 6. The molecule has 0 fully saturated rings. The minimum absolute atomic E-state index is 0.682. The van der Waals surface area contributed by atoms with Gasteiger partial charge in [0, 0.05) is 12.8 Å². The summed E-state index contributed by atoms with van der Waals surface area (Å²) >= 11 is 0. The summed E-state index contributed by atoms with van der Waals surface area (Å²) in [5.41, 5.74) is 6.77. The first-order chi connectivity index (χ1) is 8.38. The second-order valence-electron chi connectivity index (χ2n) is 4.10. The summed E-state index contributed by atoms with van der Waals surface area (Å²) < 4.78 is 5.64. The fraction of sp³-hybridized carbons (Fsp3) is 0.357. The summed E-state index contributed by atoms with van der Waals surface area (Å²) in [6.07, 6.45) is 5.49. The molecule has 17 heavy (non-hydrogen) atoms. The van der Waals surface area contributed by atoms with Crippen LogP contribution in [0.4, 0.5) is 0 Å². The molecule has 3 nitrogen and oxygen atoms in total. The summed E-state index contributed by atoms with van der Waals surface area (Å²) in [5, 5.41) is 0. The maximum Gasteiger partial charge on any atom is 0.194 e. The fourth-order valence-corrected chi connectivity index (χ4v) is 1.74. The molecule has 2 N–H and O–H groups in total. The van der Waals surface area contributed by atoms with Gasteiger partial charge in [0.25, 0.3) is 0 Å². The Bertz CT molecular complexity index is 436. The van der Waals surface area contributed by atoms with Crippen molar-refractivity contribution in [3.8, 4) is 0 Å². The van der Waals surface area contributed by atoms with Gasteiger partial charge < -0.3 is 10.2 Å². The largest absolute Gasteiger partial charge is 0.446 e. The van der Waals surface area contributed by atoms with Gasteiger partial charge in [-0.15, -0.1) is 0 Å². The molecule has 3 heteroatoms. The van der Waals surface area contributed by atoms with Crippen LogP contribution in [-0.4, -0.2) is 11.5 Å². The van der Waals surface area contributed by atoms with Crippen molar-refractivity contribution >= 4 is 0 Å². The molecule has 0 saturated heterocycles. The van der Waals surface area contributed by atoms with Gasteiger partial charge in [-0.05, 0) is 24.9 Å². The van der Waals surface area contributed by atoms with Crippen LogP contribution in [0.1, 0.15) is 23.6 Å². The van der Waals surface area contributed by atoms with E-state index in [9.17, 15) is 0 Å². The molecule has 0 bridgehead atoms. The van der Waals surface area contributed by atoms with E-state index in [1.54, 1.807) is 0 Å². The Morgan fingerprint density at radius 2 is 1.88 bits per heavy atom. The van der Waals surface area contributed by atoms with Crippen LogP contribution in [0.25, 0.3) is 0 Å². The zero-order chi connectivity index (χ0) is 11.9.